The van der Waals surface area contributed by atoms with Crippen molar-refractivity contribution in [3.8, 4) is 6.07 Å². The van der Waals surface area contributed by atoms with E-state index in [4.69, 9.17) is 16.9 Å². The first-order chi connectivity index (χ1) is 6.63. The lowest BCUT2D eigenvalue weighted by Gasteiger charge is -2.00. The average Bonchev–Trinajstić information content (AvgIpc) is 2.41. The maximum atomic E-state index is 8.44. The zero-order valence-corrected chi connectivity index (χ0v) is 9.25. The van der Waals surface area contributed by atoms with Crippen molar-refractivity contribution in [2.75, 3.05) is 0 Å². The highest BCUT2D eigenvalue weighted by atomic mass is 35.5. The van der Waals surface area contributed by atoms with Crippen molar-refractivity contribution in [3.05, 3.63) is 16.9 Å². The lowest BCUT2D eigenvalue weighted by Crippen LogP contribution is -2.01. The van der Waals surface area contributed by atoms with Crippen molar-refractivity contribution in [2.24, 2.45) is 5.92 Å². The fourth-order valence-electron chi connectivity index (χ4n) is 1.27. The van der Waals surface area contributed by atoms with Crippen LogP contribution in [0.4, 0.5) is 0 Å². The molecule has 0 saturated carbocycles. The Bertz CT molecular complexity index is 336. The van der Waals surface area contributed by atoms with E-state index in [1.54, 1.807) is 4.68 Å². The van der Waals surface area contributed by atoms with Crippen LogP contribution < -0.4 is 0 Å². The van der Waals surface area contributed by atoms with Gasteiger partial charge in [-0.05, 0) is 18.4 Å². The summed E-state index contributed by atoms with van der Waals surface area (Å²) in [4.78, 5) is 0. The highest BCUT2D eigenvalue weighted by Crippen LogP contribution is 2.14. The molecule has 0 aliphatic rings. The fourth-order valence-corrected chi connectivity index (χ4v) is 1.52. The molecule has 0 spiro atoms. The van der Waals surface area contributed by atoms with E-state index in [0.717, 1.165) is 12.1 Å². The van der Waals surface area contributed by atoms with E-state index < -0.39 is 0 Å². The first-order valence-electron chi connectivity index (χ1n) is 4.72. The second-order valence-electron chi connectivity index (χ2n) is 3.69. The van der Waals surface area contributed by atoms with Crippen LogP contribution in [0, 0.1) is 17.2 Å². The fraction of sp³-hybridized carbons (Fsp3) is 0.600. The summed E-state index contributed by atoms with van der Waals surface area (Å²) < 4.78 is 1.68. The highest BCUT2D eigenvalue weighted by Gasteiger charge is 2.06. The summed E-state index contributed by atoms with van der Waals surface area (Å²) in [6, 6.07) is 3.95. The number of hydrogen-bond donors (Lipinski definition) is 0. The minimum absolute atomic E-state index is 0.447. The largest absolute Gasteiger partial charge is 0.253 e. The van der Waals surface area contributed by atoms with Crippen LogP contribution in [0.5, 0.6) is 0 Å². The lowest BCUT2D eigenvalue weighted by molar-refractivity contribution is 0.587. The van der Waals surface area contributed by atoms with Crippen molar-refractivity contribution in [1.29, 1.82) is 5.26 Å². The molecule has 0 radical (unpaired) electrons. The van der Waals surface area contributed by atoms with Gasteiger partial charge >= 0.3 is 0 Å². The number of nitrogens with zero attached hydrogens (tertiary/aromatic N) is 3. The second kappa shape index (κ2) is 5.02. The van der Waals surface area contributed by atoms with Crippen molar-refractivity contribution < 1.29 is 0 Å². The van der Waals surface area contributed by atoms with Gasteiger partial charge in [0.1, 0.15) is 5.15 Å². The molecule has 1 aromatic heterocycles. The van der Waals surface area contributed by atoms with Gasteiger partial charge in [0.05, 0.1) is 24.7 Å². The van der Waals surface area contributed by atoms with E-state index in [1.807, 2.05) is 6.07 Å². The van der Waals surface area contributed by atoms with Crippen LogP contribution in [-0.4, -0.2) is 9.78 Å². The molecule has 0 aromatic carbocycles. The van der Waals surface area contributed by atoms with Crippen molar-refractivity contribution >= 4 is 11.6 Å². The van der Waals surface area contributed by atoms with Gasteiger partial charge in [0.2, 0.25) is 0 Å². The molecule has 0 bridgehead atoms. The standard InChI is InChI=1S/C10H14ClN3/c1-8(2)6-9-7-10(11)14(13-9)5-3-4-12/h7-8H,3,5-6H2,1-2H3. The molecule has 0 amide bonds. The molecule has 4 heteroatoms. The smallest absolute Gasteiger partial charge is 0.127 e. The maximum absolute atomic E-state index is 8.44. The Hall–Kier alpha value is -1.01. The Balaban J connectivity index is 2.68. The van der Waals surface area contributed by atoms with E-state index in [-0.39, 0.29) is 0 Å². The number of aryl methyl sites for hydroxylation is 1. The molecule has 76 valence electrons. The van der Waals surface area contributed by atoms with Gasteiger partial charge in [0, 0.05) is 0 Å². The van der Waals surface area contributed by atoms with Crippen LogP contribution in [-0.2, 0) is 13.0 Å². The van der Waals surface area contributed by atoms with Gasteiger partial charge in [-0.1, -0.05) is 25.4 Å². The van der Waals surface area contributed by atoms with E-state index in [2.05, 4.69) is 25.0 Å². The molecule has 0 fully saturated rings. The van der Waals surface area contributed by atoms with Crippen LogP contribution >= 0.6 is 11.6 Å². The number of aromatic nitrogens is 2. The summed E-state index contributed by atoms with van der Waals surface area (Å²) in [7, 11) is 0. The Morgan fingerprint density at radius 2 is 2.36 bits per heavy atom. The molecule has 0 aliphatic heterocycles. The van der Waals surface area contributed by atoms with Crippen LogP contribution in [0.25, 0.3) is 0 Å². The van der Waals surface area contributed by atoms with Gasteiger partial charge < -0.3 is 0 Å². The number of nitriles is 1. The summed E-state index contributed by atoms with van der Waals surface area (Å²) >= 11 is 5.96. The molecule has 0 N–H and O–H groups in total. The van der Waals surface area contributed by atoms with E-state index >= 15 is 0 Å². The highest BCUT2D eigenvalue weighted by molar-refractivity contribution is 6.29. The molecule has 0 unspecified atom stereocenters. The third-order valence-electron chi connectivity index (χ3n) is 1.83. The monoisotopic (exact) mass is 211 g/mol. The normalized spacial score (nSPS) is 10.5. The summed E-state index contributed by atoms with van der Waals surface area (Å²) in [6.45, 7) is 4.86. The Morgan fingerprint density at radius 3 is 2.93 bits per heavy atom. The van der Waals surface area contributed by atoms with Crippen LogP contribution in [0.3, 0.4) is 0 Å². The third-order valence-corrected chi connectivity index (χ3v) is 2.14. The maximum Gasteiger partial charge on any atom is 0.127 e. The zero-order valence-electron chi connectivity index (χ0n) is 8.50. The molecule has 1 aromatic rings. The molecule has 0 atom stereocenters. The molecule has 14 heavy (non-hydrogen) atoms. The predicted octanol–water partition coefficient (Wildman–Crippen LogP) is 2.65. The van der Waals surface area contributed by atoms with E-state index in [9.17, 15) is 0 Å². The Morgan fingerprint density at radius 1 is 1.64 bits per heavy atom. The topological polar surface area (TPSA) is 41.6 Å². The average molecular weight is 212 g/mol. The predicted molar refractivity (Wildman–Crippen MR) is 56.0 cm³/mol. The molecule has 3 nitrogen and oxygen atoms in total. The first-order valence-corrected chi connectivity index (χ1v) is 5.10. The molecular formula is C10H14ClN3. The Labute approximate surface area is 89.3 Å². The van der Waals surface area contributed by atoms with E-state index in [0.29, 0.717) is 24.0 Å². The number of hydrogen-bond acceptors (Lipinski definition) is 2. The van der Waals surface area contributed by atoms with Gasteiger partial charge in [0.25, 0.3) is 0 Å². The minimum Gasteiger partial charge on any atom is -0.253 e. The summed E-state index contributed by atoms with van der Waals surface area (Å²) in [5.74, 6) is 0.574. The summed E-state index contributed by atoms with van der Waals surface area (Å²) in [5.41, 5.74) is 1.00. The van der Waals surface area contributed by atoms with Gasteiger partial charge in [-0.25, -0.2) is 0 Å². The minimum atomic E-state index is 0.447. The quantitative estimate of drug-likeness (QED) is 0.769. The SMILES string of the molecule is CC(C)Cc1cc(Cl)n(CCC#N)n1. The number of halogens is 1. The lowest BCUT2D eigenvalue weighted by atomic mass is 10.1. The van der Waals surface area contributed by atoms with Crippen molar-refractivity contribution in [2.45, 2.75) is 33.2 Å². The first kappa shape index (κ1) is 11.1. The van der Waals surface area contributed by atoms with Crippen LogP contribution in [0.15, 0.2) is 6.07 Å². The van der Waals surface area contributed by atoms with Crippen molar-refractivity contribution in [1.82, 2.24) is 9.78 Å². The van der Waals surface area contributed by atoms with Crippen LogP contribution in [0.2, 0.25) is 5.15 Å². The molecule has 0 aliphatic carbocycles. The molecular weight excluding hydrogens is 198 g/mol. The zero-order chi connectivity index (χ0) is 10.6. The van der Waals surface area contributed by atoms with Gasteiger partial charge in [0.15, 0.2) is 0 Å². The van der Waals surface area contributed by atoms with Gasteiger partial charge in [-0.2, -0.15) is 10.4 Å². The van der Waals surface area contributed by atoms with Crippen molar-refractivity contribution in [3.63, 3.8) is 0 Å². The van der Waals surface area contributed by atoms with Gasteiger partial charge in [-0.3, -0.25) is 4.68 Å². The molecule has 1 rings (SSSR count). The summed E-state index contributed by atoms with van der Waals surface area (Å²) in [5, 5.41) is 13.4. The van der Waals surface area contributed by atoms with Crippen LogP contribution in [0.1, 0.15) is 26.0 Å². The number of rotatable bonds is 4. The molecule has 0 saturated heterocycles. The third kappa shape index (κ3) is 3.04. The second-order valence-corrected chi connectivity index (χ2v) is 4.07. The Kier molecular flexibility index (Phi) is 3.97. The van der Waals surface area contributed by atoms with E-state index in [1.165, 1.54) is 0 Å². The molecule has 1 heterocycles. The summed E-state index contributed by atoms with van der Waals surface area (Å²) in [6.07, 6.45) is 1.38. The van der Waals surface area contributed by atoms with Gasteiger partial charge in [-0.15, -0.1) is 0 Å².